The highest BCUT2D eigenvalue weighted by atomic mass is 32.2. The van der Waals surface area contributed by atoms with Crippen LogP contribution in [0.25, 0.3) is 11.5 Å². The number of aryl methyl sites for hydroxylation is 1. The van der Waals surface area contributed by atoms with Crippen LogP contribution in [-0.2, 0) is 10.2 Å². The van der Waals surface area contributed by atoms with Gasteiger partial charge in [-0.15, -0.1) is 10.2 Å². The van der Waals surface area contributed by atoms with Crippen molar-refractivity contribution in [1.29, 1.82) is 0 Å². The minimum Gasteiger partial charge on any atom is -0.411 e. The second-order valence-electron chi connectivity index (χ2n) is 8.43. The zero-order valence-corrected chi connectivity index (χ0v) is 19.0. The molecular formula is C24H29N3O2S. The van der Waals surface area contributed by atoms with E-state index in [9.17, 15) is 4.79 Å². The minimum absolute atomic E-state index is 0.00160. The summed E-state index contributed by atoms with van der Waals surface area (Å²) in [5.74, 6) is 0.638. The van der Waals surface area contributed by atoms with Crippen LogP contribution in [0.15, 0.2) is 58.2 Å². The molecule has 1 atom stereocenters. The topological polar surface area (TPSA) is 68.0 Å². The van der Waals surface area contributed by atoms with Crippen molar-refractivity contribution < 1.29 is 9.21 Å². The molecule has 158 valence electrons. The zero-order chi connectivity index (χ0) is 21.7. The Bertz CT molecular complexity index is 973. The van der Waals surface area contributed by atoms with Gasteiger partial charge in [-0.05, 0) is 42.0 Å². The van der Waals surface area contributed by atoms with E-state index in [2.05, 4.69) is 86.5 Å². The lowest BCUT2D eigenvalue weighted by Crippen LogP contribution is -2.29. The summed E-state index contributed by atoms with van der Waals surface area (Å²) in [6, 6.07) is 16.4. The van der Waals surface area contributed by atoms with E-state index in [1.807, 2.05) is 12.1 Å². The van der Waals surface area contributed by atoms with Crippen molar-refractivity contribution >= 4 is 17.7 Å². The molecule has 0 aliphatic rings. The third-order valence-electron chi connectivity index (χ3n) is 4.95. The average Bonchev–Trinajstić information content (AvgIpc) is 3.20. The number of carbonyl (C=O) groups excluding carboxylic acids is 1. The van der Waals surface area contributed by atoms with Crippen molar-refractivity contribution in [2.45, 2.75) is 57.7 Å². The Hall–Kier alpha value is -2.60. The maximum absolute atomic E-state index is 12.4. The maximum atomic E-state index is 12.4. The largest absolute Gasteiger partial charge is 0.411 e. The van der Waals surface area contributed by atoms with Gasteiger partial charge in [-0.3, -0.25) is 4.79 Å². The summed E-state index contributed by atoms with van der Waals surface area (Å²) < 4.78 is 5.74. The van der Waals surface area contributed by atoms with E-state index in [1.165, 1.54) is 22.9 Å². The Morgan fingerprint density at radius 3 is 2.33 bits per heavy atom. The lowest BCUT2D eigenvalue weighted by molar-refractivity contribution is -0.119. The number of carbonyl (C=O) groups is 1. The smallest absolute Gasteiger partial charge is 0.277 e. The number of hydrogen-bond acceptors (Lipinski definition) is 5. The van der Waals surface area contributed by atoms with Gasteiger partial charge in [-0.1, -0.05) is 81.4 Å². The highest BCUT2D eigenvalue weighted by Gasteiger charge is 2.17. The summed E-state index contributed by atoms with van der Waals surface area (Å²) in [5.41, 5.74) is 4.53. The molecule has 0 saturated heterocycles. The predicted molar refractivity (Wildman–Crippen MR) is 122 cm³/mol. The first-order valence-corrected chi connectivity index (χ1v) is 11.2. The van der Waals surface area contributed by atoms with Gasteiger partial charge in [0.15, 0.2) is 0 Å². The molecule has 0 saturated carbocycles. The molecule has 6 heteroatoms. The Morgan fingerprint density at radius 2 is 1.73 bits per heavy atom. The van der Waals surface area contributed by atoms with Gasteiger partial charge in [0.05, 0.1) is 11.8 Å². The molecule has 0 aliphatic heterocycles. The molecule has 2 aromatic carbocycles. The van der Waals surface area contributed by atoms with Crippen LogP contribution < -0.4 is 5.32 Å². The van der Waals surface area contributed by atoms with Crippen LogP contribution in [-0.4, -0.2) is 21.9 Å². The molecule has 0 radical (unpaired) electrons. The minimum atomic E-state index is -0.0540. The quantitative estimate of drug-likeness (QED) is 0.494. The van der Waals surface area contributed by atoms with E-state index < -0.39 is 0 Å². The highest BCUT2D eigenvalue weighted by molar-refractivity contribution is 7.99. The summed E-state index contributed by atoms with van der Waals surface area (Å²) in [5, 5.41) is 11.7. The van der Waals surface area contributed by atoms with E-state index in [1.54, 1.807) is 0 Å². The van der Waals surface area contributed by atoms with Gasteiger partial charge in [0.2, 0.25) is 11.8 Å². The first-order chi connectivity index (χ1) is 14.3. The molecule has 3 aromatic rings. The molecule has 30 heavy (non-hydrogen) atoms. The predicted octanol–water partition coefficient (Wildman–Crippen LogP) is 5.70. The van der Waals surface area contributed by atoms with Gasteiger partial charge in [-0.2, -0.15) is 0 Å². The van der Waals surface area contributed by atoms with Crippen molar-refractivity contribution in [3.8, 4) is 11.5 Å². The normalized spacial score (nSPS) is 12.6. The Kier molecular flexibility index (Phi) is 6.98. The molecule has 1 amide bonds. The van der Waals surface area contributed by atoms with Crippen LogP contribution in [0.2, 0.25) is 0 Å². The van der Waals surface area contributed by atoms with Crippen molar-refractivity contribution in [2.75, 3.05) is 5.75 Å². The monoisotopic (exact) mass is 423 g/mol. The Morgan fingerprint density at radius 1 is 1.07 bits per heavy atom. The number of aromatic nitrogens is 2. The third-order valence-corrected chi connectivity index (χ3v) is 5.77. The fourth-order valence-electron chi connectivity index (χ4n) is 3.08. The second-order valence-corrected chi connectivity index (χ2v) is 9.35. The molecule has 0 unspecified atom stereocenters. The Balaban J connectivity index is 1.57. The van der Waals surface area contributed by atoms with Crippen molar-refractivity contribution in [3.05, 3.63) is 65.2 Å². The molecule has 1 heterocycles. The van der Waals surface area contributed by atoms with Crippen molar-refractivity contribution in [2.24, 2.45) is 0 Å². The number of benzene rings is 2. The maximum Gasteiger partial charge on any atom is 0.277 e. The lowest BCUT2D eigenvalue weighted by atomic mass is 9.87. The van der Waals surface area contributed by atoms with E-state index in [0.717, 1.165) is 17.5 Å². The van der Waals surface area contributed by atoms with Crippen molar-refractivity contribution in [1.82, 2.24) is 15.5 Å². The molecular weight excluding hydrogens is 394 g/mol. The number of rotatable bonds is 7. The molecule has 0 spiro atoms. The van der Waals surface area contributed by atoms with Gasteiger partial charge in [-0.25, -0.2) is 0 Å². The van der Waals surface area contributed by atoms with Crippen LogP contribution in [0, 0.1) is 6.92 Å². The number of thioether (sulfide) groups is 1. The fourth-order valence-corrected chi connectivity index (χ4v) is 3.66. The number of nitrogens with zero attached hydrogens (tertiary/aromatic N) is 2. The standard InChI is InChI=1S/C24H29N3O2S/c1-6-20(17-9-7-16(2)8-10-17)25-21(28)15-30-23-27-26-22(29-23)18-11-13-19(14-12-18)24(3,4)5/h7-14,20H,6,15H2,1-5H3,(H,25,28)/t20-/m0/s1. The molecule has 1 N–H and O–H groups in total. The van der Waals surface area contributed by atoms with Crippen LogP contribution >= 0.6 is 11.8 Å². The SMILES string of the molecule is CC[C@H](NC(=O)CSc1nnc(-c2ccc(C(C)(C)C)cc2)o1)c1ccc(C)cc1. The fraction of sp³-hybridized carbons (Fsp3) is 0.375. The molecule has 5 nitrogen and oxygen atoms in total. The van der Waals surface area contributed by atoms with Crippen LogP contribution in [0.4, 0.5) is 0 Å². The number of hydrogen-bond donors (Lipinski definition) is 1. The van der Waals surface area contributed by atoms with Gasteiger partial charge in [0, 0.05) is 5.56 Å². The van der Waals surface area contributed by atoms with E-state index in [-0.39, 0.29) is 23.1 Å². The molecule has 0 bridgehead atoms. The van der Waals surface area contributed by atoms with Gasteiger partial charge in [0.1, 0.15) is 0 Å². The summed E-state index contributed by atoms with van der Waals surface area (Å²) >= 11 is 1.25. The first kappa shape index (κ1) is 22.1. The Labute approximate surface area is 182 Å². The lowest BCUT2D eigenvalue weighted by Gasteiger charge is -2.18. The van der Waals surface area contributed by atoms with E-state index >= 15 is 0 Å². The molecule has 1 aromatic heterocycles. The summed E-state index contributed by atoms with van der Waals surface area (Å²) in [6.45, 7) is 10.6. The van der Waals surface area contributed by atoms with E-state index in [0.29, 0.717) is 11.1 Å². The summed E-state index contributed by atoms with van der Waals surface area (Å²) in [7, 11) is 0. The summed E-state index contributed by atoms with van der Waals surface area (Å²) in [6.07, 6.45) is 0.828. The zero-order valence-electron chi connectivity index (χ0n) is 18.2. The van der Waals surface area contributed by atoms with Gasteiger partial charge < -0.3 is 9.73 Å². The van der Waals surface area contributed by atoms with Crippen molar-refractivity contribution in [3.63, 3.8) is 0 Å². The highest BCUT2D eigenvalue weighted by Crippen LogP contribution is 2.27. The molecule has 0 fully saturated rings. The van der Waals surface area contributed by atoms with Crippen LogP contribution in [0.5, 0.6) is 0 Å². The molecule has 3 rings (SSSR count). The number of nitrogens with one attached hydrogen (secondary N) is 1. The number of amides is 1. The molecule has 0 aliphatic carbocycles. The van der Waals surface area contributed by atoms with Crippen LogP contribution in [0.3, 0.4) is 0 Å². The second kappa shape index (κ2) is 9.47. The van der Waals surface area contributed by atoms with Gasteiger partial charge >= 0.3 is 0 Å². The average molecular weight is 424 g/mol. The van der Waals surface area contributed by atoms with Crippen LogP contribution in [0.1, 0.15) is 56.8 Å². The first-order valence-electron chi connectivity index (χ1n) is 10.2. The van der Waals surface area contributed by atoms with Gasteiger partial charge in [0.25, 0.3) is 5.22 Å². The third kappa shape index (κ3) is 5.72. The summed E-state index contributed by atoms with van der Waals surface area (Å²) in [4.78, 5) is 12.4. The van der Waals surface area contributed by atoms with E-state index in [4.69, 9.17) is 4.42 Å².